The van der Waals surface area contributed by atoms with E-state index in [0.717, 1.165) is 0 Å². The van der Waals surface area contributed by atoms with E-state index in [1.165, 1.54) is 20.2 Å². The quantitative estimate of drug-likeness (QED) is 0.430. The molecule has 60 valence electrons. The van der Waals surface area contributed by atoms with Crippen LogP contribution < -0.4 is 0 Å². The van der Waals surface area contributed by atoms with Gasteiger partial charge in [-0.05, 0) is 6.58 Å². The summed E-state index contributed by atoms with van der Waals surface area (Å²) in [6, 6.07) is 0. The molecule has 0 spiro atoms. The van der Waals surface area contributed by atoms with Crippen molar-refractivity contribution in [3.8, 4) is 0 Å². The molecule has 0 fully saturated rings. The topological polar surface area (TPSA) is 76.0 Å². The zero-order valence-electron chi connectivity index (χ0n) is 5.83. The van der Waals surface area contributed by atoms with Gasteiger partial charge in [-0.1, -0.05) is 0 Å². The van der Waals surface area contributed by atoms with Crippen molar-refractivity contribution in [1.82, 2.24) is 0 Å². The van der Waals surface area contributed by atoms with Crippen molar-refractivity contribution in [2.45, 2.75) is 0 Å². The molecule has 0 aliphatic heterocycles. The van der Waals surface area contributed by atoms with Crippen LogP contribution in [0.3, 0.4) is 0 Å². The maximum absolute atomic E-state index is 8.57. The Morgan fingerprint density at radius 1 is 1.40 bits per heavy atom. The number of rotatable bonds is 2. The fraction of sp³-hybridized carbons (Fsp3) is 0.500. The van der Waals surface area contributed by atoms with Gasteiger partial charge in [-0.2, -0.15) is 0 Å². The Morgan fingerprint density at radius 2 is 1.60 bits per heavy atom. The maximum atomic E-state index is 8.57. The second-order valence-electron chi connectivity index (χ2n) is 1.10. The first kappa shape index (κ1) is 12.7. The minimum atomic E-state index is -4.08. The van der Waals surface area contributed by atoms with Crippen molar-refractivity contribution in [3.63, 3.8) is 0 Å². The van der Waals surface area contributed by atoms with Gasteiger partial charge in [0, 0.05) is 0 Å². The second-order valence-corrected chi connectivity index (χ2v) is 4.09. The average molecular weight is 186 g/mol. The molecule has 0 heterocycles. The molecular weight excluding hydrogens is 176 g/mol. The standard InChI is InChI=1S/C2H2O.2CH3O.2H2O.Ti/c1-2-3;2*1-2;;;/h1H2;2*1H3;2*1H2;/q;2*-1;;;+4/p-2. The van der Waals surface area contributed by atoms with Crippen molar-refractivity contribution >= 4 is 5.94 Å². The van der Waals surface area contributed by atoms with Crippen LogP contribution >= 0.6 is 0 Å². The molecule has 0 radical (unpaired) electrons. The summed E-state index contributed by atoms with van der Waals surface area (Å²) in [5.41, 5.74) is 0. The van der Waals surface area contributed by atoms with Crippen molar-refractivity contribution in [2.24, 2.45) is 0 Å². The van der Waals surface area contributed by atoms with Crippen LogP contribution in [0.15, 0.2) is 6.58 Å². The van der Waals surface area contributed by atoms with E-state index in [9.17, 15) is 0 Å². The fourth-order valence-corrected chi connectivity index (χ4v) is 0.344. The normalized spacial score (nSPS) is 9.20. The first-order valence-corrected chi connectivity index (χ1v) is 4.90. The summed E-state index contributed by atoms with van der Waals surface area (Å²) in [5, 5.41) is 0. The number of carbonyl (C=O) groups excluding carboxylic acids is 1. The molecule has 0 saturated carbocycles. The van der Waals surface area contributed by atoms with Gasteiger partial charge in [0.05, 0.1) is 0 Å². The Kier molecular flexibility index (Phi) is 9.01. The Morgan fingerprint density at radius 3 is 1.60 bits per heavy atom. The Bertz CT molecular complexity index is 100. The minimum absolute atomic E-state index is 1.20. The van der Waals surface area contributed by atoms with Gasteiger partial charge in [-0.25, -0.2) is 4.79 Å². The predicted molar refractivity (Wildman–Crippen MR) is 29.8 cm³/mol. The van der Waals surface area contributed by atoms with Gasteiger partial charge in [0.2, 0.25) is 0 Å². The van der Waals surface area contributed by atoms with Gasteiger partial charge in [0.15, 0.2) is 0 Å². The zero-order chi connectivity index (χ0) is 8.62. The third-order valence-corrected chi connectivity index (χ3v) is 2.19. The Labute approximate surface area is 64.1 Å². The predicted octanol–water partition coefficient (Wildman–Crippen LogP) is -0.918. The van der Waals surface area contributed by atoms with E-state index < -0.39 is 18.1 Å². The van der Waals surface area contributed by atoms with E-state index in [-0.39, 0.29) is 0 Å². The van der Waals surface area contributed by atoms with Crippen LogP contribution in [0.2, 0.25) is 0 Å². The molecule has 0 aromatic heterocycles. The zero-order valence-corrected chi connectivity index (χ0v) is 7.39. The van der Waals surface area contributed by atoms with Crippen molar-refractivity contribution in [3.05, 3.63) is 6.58 Å². The molecule has 0 rings (SSSR count). The average Bonchev–Trinajstić information content (AvgIpc) is 1.90. The molecular formula is C4H10O5Ti. The first-order chi connectivity index (χ1) is 4.54. The van der Waals surface area contributed by atoms with E-state index in [1.54, 1.807) is 0 Å². The van der Waals surface area contributed by atoms with E-state index in [0.29, 0.717) is 0 Å². The Balaban J connectivity index is 0. The monoisotopic (exact) mass is 186 g/mol. The Hall–Kier alpha value is 0.00429. The summed E-state index contributed by atoms with van der Waals surface area (Å²) in [4.78, 5) is 8.57. The van der Waals surface area contributed by atoms with Crippen molar-refractivity contribution in [1.29, 1.82) is 0 Å². The molecule has 0 unspecified atom stereocenters. The van der Waals surface area contributed by atoms with E-state index in [1.807, 2.05) is 0 Å². The third kappa shape index (κ3) is 10.9. The van der Waals surface area contributed by atoms with Crippen LogP contribution in [0.5, 0.6) is 0 Å². The first-order valence-electron chi connectivity index (χ1n) is 2.23. The van der Waals surface area contributed by atoms with Gasteiger partial charge in [-0.3, -0.25) is 0 Å². The van der Waals surface area contributed by atoms with Crippen LogP contribution in [0.4, 0.5) is 0 Å². The van der Waals surface area contributed by atoms with Crippen molar-refractivity contribution in [2.75, 3.05) is 14.2 Å². The van der Waals surface area contributed by atoms with Gasteiger partial charge in [0.1, 0.15) is 5.94 Å². The molecule has 10 heavy (non-hydrogen) atoms. The van der Waals surface area contributed by atoms with E-state index in [2.05, 4.69) is 13.2 Å². The van der Waals surface area contributed by atoms with Crippen LogP contribution in [-0.2, 0) is 29.6 Å². The molecule has 2 N–H and O–H groups in total. The third-order valence-electron chi connectivity index (χ3n) is 0.532. The molecule has 0 atom stereocenters. The summed E-state index contributed by atoms with van der Waals surface area (Å²) in [6.07, 6.45) is 0. The molecule has 0 aromatic rings. The van der Waals surface area contributed by atoms with Crippen LogP contribution in [0, 0.1) is 0 Å². The second kappa shape index (κ2) is 7.12. The van der Waals surface area contributed by atoms with Gasteiger partial charge in [0.25, 0.3) is 0 Å². The molecule has 5 nitrogen and oxygen atoms in total. The summed E-state index contributed by atoms with van der Waals surface area (Å²) >= 11 is -4.08. The van der Waals surface area contributed by atoms with Crippen LogP contribution in [0.25, 0.3) is 0 Å². The SMILES string of the molecule is C=C=O.C[O][Ti]([OH])([OH])[O]C. The summed E-state index contributed by atoms with van der Waals surface area (Å²) < 4.78 is 25.2. The van der Waals surface area contributed by atoms with Crippen LogP contribution in [-0.4, -0.2) is 27.5 Å². The van der Waals surface area contributed by atoms with Crippen LogP contribution in [0.1, 0.15) is 0 Å². The molecule has 0 aliphatic carbocycles. The van der Waals surface area contributed by atoms with Crippen molar-refractivity contribution < 1.29 is 36.9 Å². The summed E-state index contributed by atoms with van der Waals surface area (Å²) in [6.45, 7) is 2.68. The number of hydrogen-bond donors (Lipinski definition) is 2. The number of hydrogen-bond acceptors (Lipinski definition) is 5. The van der Waals surface area contributed by atoms with E-state index >= 15 is 0 Å². The molecule has 0 amide bonds. The summed E-state index contributed by atoms with van der Waals surface area (Å²) in [5.74, 6) is 1.25. The molecule has 0 saturated heterocycles. The van der Waals surface area contributed by atoms with Gasteiger partial charge >= 0.3 is 46.4 Å². The van der Waals surface area contributed by atoms with Gasteiger partial charge < -0.3 is 0 Å². The van der Waals surface area contributed by atoms with E-state index in [4.69, 9.17) is 12.2 Å². The molecule has 6 heteroatoms. The summed E-state index contributed by atoms with van der Waals surface area (Å²) in [7, 11) is 2.40. The fourth-order valence-electron chi connectivity index (χ4n) is 0.0833. The van der Waals surface area contributed by atoms with Gasteiger partial charge in [-0.15, -0.1) is 0 Å². The molecule has 0 bridgehead atoms. The molecule has 0 aliphatic rings. The molecule has 0 aromatic carbocycles.